The van der Waals surface area contributed by atoms with Gasteiger partial charge >= 0.3 is 29.6 Å². The van der Waals surface area contributed by atoms with Gasteiger partial charge in [-0.25, -0.2) is 9.37 Å². The molecule has 1 unspecified atom stereocenters. The number of hydrogen-bond donors (Lipinski definition) is 0. The minimum absolute atomic E-state index is 0. The van der Waals surface area contributed by atoms with Crippen LogP contribution in [0.15, 0.2) is 60.7 Å². The van der Waals surface area contributed by atoms with E-state index in [4.69, 9.17) is 27.9 Å². The molecule has 4 aromatic rings. The third-order valence-electron chi connectivity index (χ3n) is 5.76. The summed E-state index contributed by atoms with van der Waals surface area (Å²) in [5.41, 5.74) is 5.38. The zero-order chi connectivity index (χ0) is 24.5. The fourth-order valence-electron chi connectivity index (χ4n) is 4.11. The van der Waals surface area contributed by atoms with Gasteiger partial charge in [0.2, 0.25) is 0 Å². The molecule has 5 rings (SSSR count). The maximum absolute atomic E-state index is 13.7. The maximum Gasteiger partial charge on any atom is 1.00 e. The number of carboxylic acids is 1. The predicted molar refractivity (Wildman–Crippen MR) is 135 cm³/mol. The average molecular weight is 528 g/mol. The number of carbonyl (C=O) groups excluding carboxylic acids is 1. The van der Waals surface area contributed by atoms with E-state index in [2.05, 4.69) is 4.98 Å². The number of aliphatic carboxylic acids is 1. The molecule has 1 aromatic heterocycles. The molecule has 0 spiro atoms. The SMILES string of the molecule is O=C([O-])COC1c2cc(/C=C/c3ccc4cc(F)c(Cl)cc4n3)ccc2C=Cc2c(Cl)cccc21.[Na+]. The van der Waals surface area contributed by atoms with Gasteiger partial charge < -0.3 is 14.6 Å². The predicted octanol–water partition coefficient (Wildman–Crippen LogP) is 3.19. The number of pyridine rings is 1. The van der Waals surface area contributed by atoms with Gasteiger partial charge in [-0.1, -0.05) is 71.8 Å². The molecule has 8 heteroatoms. The van der Waals surface area contributed by atoms with Crippen molar-refractivity contribution in [2.24, 2.45) is 0 Å². The molecular weight excluding hydrogens is 511 g/mol. The van der Waals surface area contributed by atoms with Crippen LogP contribution in [0.25, 0.3) is 35.2 Å². The largest absolute Gasteiger partial charge is 1.00 e. The van der Waals surface area contributed by atoms with Gasteiger partial charge in [0.15, 0.2) is 0 Å². The number of fused-ring (bicyclic) bond motifs is 3. The van der Waals surface area contributed by atoms with E-state index in [9.17, 15) is 14.3 Å². The molecule has 0 amide bonds. The molecule has 1 aliphatic rings. The van der Waals surface area contributed by atoms with Crippen LogP contribution in [0, 0.1) is 5.82 Å². The van der Waals surface area contributed by atoms with Crippen LogP contribution in [0.5, 0.6) is 0 Å². The van der Waals surface area contributed by atoms with Gasteiger partial charge in [0, 0.05) is 10.4 Å². The van der Waals surface area contributed by atoms with Crippen molar-refractivity contribution in [2.75, 3.05) is 6.61 Å². The number of aromatic nitrogens is 1. The number of halogens is 3. The Morgan fingerprint density at radius 2 is 1.83 bits per heavy atom. The molecule has 1 heterocycles. The van der Waals surface area contributed by atoms with Crippen molar-refractivity contribution < 1.29 is 48.6 Å². The van der Waals surface area contributed by atoms with Gasteiger partial charge in [-0.2, -0.15) is 0 Å². The number of ether oxygens (including phenoxy) is 1. The number of rotatable bonds is 5. The summed E-state index contributed by atoms with van der Waals surface area (Å²) < 4.78 is 19.5. The first-order valence-corrected chi connectivity index (χ1v) is 11.5. The van der Waals surface area contributed by atoms with Crippen molar-refractivity contribution >= 4 is 64.4 Å². The number of hydrogen-bond acceptors (Lipinski definition) is 4. The molecule has 0 N–H and O–H groups in total. The van der Waals surface area contributed by atoms with E-state index in [1.807, 2.05) is 54.6 Å². The Hall–Kier alpha value is -2.51. The summed E-state index contributed by atoms with van der Waals surface area (Å²) in [5.74, 6) is -1.78. The van der Waals surface area contributed by atoms with Crippen LogP contribution >= 0.6 is 23.2 Å². The third-order valence-corrected chi connectivity index (χ3v) is 6.38. The molecule has 3 aromatic carbocycles. The van der Waals surface area contributed by atoms with Gasteiger partial charge in [0.1, 0.15) is 11.9 Å². The van der Waals surface area contributed by atoms with E-state index in [1.165, 1.54) is 12.1 Å². The van der Waals surface area contributed by atoms with Crippen LogP contribution in [-0.2, 0) is 9.53 Å². The topological polar surface area (TPSA) is 62.2 Å². The van der Waals surface area contributed by atoms with Crippen LogP contribution in [0.3, 0.4) is 0 Å². The fraction of sp³-hybridized carbons (Fsp3) is 0.0714. The van der Waals surface area contributed by atoms with Crippen LogP contribution in [0.2, 0.25) is 10.0 Å². The van der Waals surface area contributed by atoms with Gasteiger partial charge in [-0.15, -0.1) is 0 Å². The van der Waals surface area contributed by atoms with Crippen molar-refractivity contribution in [3.8, 4) is 0 Å². The quantitative estimate of drug-likeness (QED) is 0.374. The Morgan fingerprint density at radius 3 is 2.64 bits per heavy atom. The van der Waals surface area contributed by atoms with E-state index in [0.717, 1.165) is 27.8 Å². The zero-order valence-corrected chi connectivity index (χ0v) is 22.7. The number of carbonyl (C=O) groups is 1. The zero-order valence-electron chi connectivity index (χ0n) is 19.2. The first-order valence-electron chi connectivity index (χ1n) is 10.7. The first-order chi connectivity index (χ1) is 16.9. The van der Waals surface area contributed by atoms with Crippen molar-refractivity contribution in [2.45, 2.75) is 6.10 Å². The molecule has 0 aliphatic heterocycles. The molecule has 0 saturated heterocycles. The standard InChI is InChI=1S/C28H18Cl2FNO3.Na/c29-23-3-1-2-21-20(23)11-8-17-6-4-16(12-22(17)28(21)35-15-27(33)34)5-9-19-10-7-18-13-25(31)24(30)14-26(18)32-19;/h1-14,28H,15H2,(H,33,34);/q;+1/p-1/b9-5+;. The van der Waals surface area contributed by atoms with E-state index >= 15 is 0 Å². The molecule has 1 atom stereocenters. The Labute approximate surface area is 239 Å². The summed E-state index contributed by atoms with van der Waals surface area (Å²) in [6, 6.07) is 17.7. The molecule has 1 aliphatic carbocycles. The monoisotopic (exact) mass is 527 g/mol. The molecule has 174 valence electrons. The second-order valence-corrected chi connectivity index (χ2v) is 8.87. The van der Waals surface area contributed by atoms with Crippen molar-refractivity contribution in [1.29, 1.82) is 0 Å². The van der Waals surface area contributed by atoms with Gasteiger partial charge in [0.25, 0.3) is 0 Å². The maximum atomic E-state index is 13.7. The third kappa shape index (κ3) is 5.57. The number of carboxylic acid groups (broad SMARTS) is 1. The molecule has 0 fully saturated rings. The summed E-state index contributed by atoms with van der Waals surface area (Å²) in [4.78, 5) is 15.7. The molecule has 0 saturated carbocycles. The second kappa shape index (κ2) is 11.3. The van der Waals surface area contributed by atoms with Gasteiger partial charge in [-0.3, -0.25) is 0 Å². The van der Waals surface area contributed by atoms with Crippen molar-refractivity contribution in [3.63, 3.8) is 0 Å². The summed E-state index contributed by atoms with van der Waals surface area (Å²) in [7, 11) is 0. The number of nitrogens with zero attached hydrogens (tertiary/aromatic N) is 1. The minimum atomic E-state index is -1.30. The van der Waals surface area contributed by atoms with Crippen LogP contribution < -0.4 is 34.7 Å². The fourth-order valence-corrected chi connectivity index (χ4v) is 4.52. The van der Waals surface area contributed by atoms with E-state index in [0.29, 0.717) is 21.6 Å². The Morgan fingerprint density at radius 1 is 1.00 bits per heavy atom. The normalized spacial score (nSPS) is 14.2. The number of benzene rings is 3. The van der Waals surface area contributed by atoms with Crippen LogP contribution in [0.1, 0.15) is 39.6 Å². The Kier molecular flexibility index (Phi) is 8.30. The molecular formula is C28H17Cl2FNNaO3. The van der Waals surface area contributed by atoms with Crippen LogP contribution in [-0.4, -0.2) is 17.6 Å². The first kappa shape index (κ1) is 26.6. The van der Waals surface area contributed by atoms with Gasteiger partial charge in [0.05, 0.1) is 28.8 Å². The summed E-state index contributed by atoms with van der Waals surface area (Å²) in [5, 5.41) is 12.4. The van der Waals surface area contributed by atoms with Crippen molar-refractivity contribution in [1.82, 2.24) is 4.98 Å². The molecule has 4 nitrogen and oxygen atoms in total. The summed E-state index contributed by atoms with van der Waals surface area (Å²) >= 11 is 12.3. The summed E-state index contributed by atoms with van der Waals surface area (Å²) in [6.45, 7) is -0.555. The van der Waals surface area contributed by atoms with Crippen LogP contribution in [0.4, 0.5) is 4.39 Å². The Balaban J connectivity index is 0.00000304. The molecule has 0 bridgehead atoms. The summed E-state index contributed by atoms with van der Waals surface area (Å²) in [6.07, 6.45) is 6.93. The molecule has 0 radical (unpaired) electrons. The van der Waals surface area contributed by atoms with E-state index < -0.39 is 24.5 Å². The minimum Gasteiger partial charge on any atom is -0.548 e. The molecule has 36 heavy (non-hydrogen) atoms. The van der Waals surface area contributed by atoms with E-state index in [-0.39, 0.29) is 34.6 Å². The van der Waals surface area contributed by atoms with Crippen molar-refractivity contribution in [3.05, 3.63) is 110 Å². The average Bonchev–Trinajstić information content (AvgIpc) is 2.99. The Bertz CT molecular complexity index is 1540. The van der Waals surface area contributed by atoms with Gasteiger partial charge in [-0.05, 0) is 64.2 Å². The van der Waals surface area contributed by atoms with E-state index in [1.54, 1.807) is 18.2 Å². The second-order valence-electron chi connectivity index (χ2n) is 8.06. The smallest absolute Gasteiger partial charge is 0.548 e.